The maximum Gasteiger partial charge on any atom is 0.128 e. The van der Waals surface area contributed by atoms with Gasteiger partial charge < -0.3 is 9.30 Å². The van der Waals surface area contributed by atoms with Crippen molar-refractivity contribution >= 4 is 0 Å². The van der Waals surface area contributed by atoms with Gasteiger partial charge in [-0.05, 0) is 30.7 Å². The van der Waals surface area contributed by atoms with Crippen LogP contribution in [0.1, 0.15) is 22.4 Å². The Labute approximate surface area is 184 Å². The monoisotopic (exact) mass is 421 g/mol. The normalized spacial score (nSPS) is 14.9. The van der Waals surface area contributed by atoms with Crippen LogP contribution in [0.2, 0.25) is 0 Å². The molecule has 0 saturated carbocycles. The van der Waals surface area contributed by atoms with E-state index in [1.54, 1.807) is 6.07 Å². The van der Waals surface area contributed by atoms with Crippen LogP contribution in [0.5, 0.6) is 0 Å². The zero-order chi connectivity index (χ0) is 21.5. The van der Waals surface area contributed by atoms with Crippen LogP contribution in [0.25, 0.3) is 0 Å². The van der Waals surface area contributed by atoms with Gasteiger partial charge >= 0.3 is 0 Å². The third kappa shape index (κ3) is 6.26. The average molecular weight is 422 g/mol. The lowest BCUT2D eigenvalue weighted by molar-refractivity contribution is 0.0324. The van der Waals surface area contributed by atoms with Crippen LogP contribution in [-0.4, -0.2) is 53.8 Å². The SMILES string of the molecule is Cc1ccc(CN(CCN2CCOCC2)Cc2cccn2Cc2ccccc2F)cc1. The predicted octanol–water partition coefficient (Wildman–Crippen LogP) is 4.32. The molecular formula is C26H32FN3O. The van der Waals surface area contributed by atoms with Gasteiger partial charge in [-0.25, -0.2) is 4.39 Å². The van der Waals surface area contributed by atoms with Crippen LogP contribution in [0.15, 0.2) is 66.9 Å². The molecule has 2 aromatic carbocycles. The number of nitrogens with zero attached hydrogens (tertiary/aromatic N) is 3. The van der Waals surface area contributed by atoms with Crippen molar-refractivity contribution < 1.29 is 9.13 Å². The zero-order valence-corrected chi connectivity index (χ0v) is 18.3. The fourth-order valence-corrected chi connectivity index (χ4v) is 4.06. The summed E-state index contributed by atoms with van der Waals surface area (Å²) < 4.78 is 21.8. The fourth-order valence-electron chi connectivity index (χ4n) is 4.06. The van der Waals surface area contributed by atoms with E-state index in [4.69, 9.17) is 4.74 Å². The van der Waals surface area contributed by atoms with Gasteiger partial charge in [0, 0.05) is 56.7 Å². The highest BCUT2D eigenvalue weighted by Crippen LogP contribution is 2.15. The van der Waals surface area contributed by atoms with Crippen LogP contribution in [0.3, 0.4) is 0 Å². The van der Waals surface area contributed by atoms with Crippen LogP contribution in [-0.2, 0) is 24.4 Å². The molecule has 31 heavy (non-hydrogen) atoms. The molecule has 4 nitrogen and oxygen atoms in total. The minimum absolute atomic E-state index is 0.147. The van der Waals surface area contributed by atoms with Crippen molar-refractivity contribution in [2.75, 3.05) is 39.4 Å². The lowest BCUT2D eigenvalue weighted by atomic mass is 10.1. The molecule has 1 aromatic heterocycles. The van der Waals surface area contributed by atoms with E-state index in [1.807, 2.05) is 18.3 Å². The summed E-state index contributed by atoms with van der Waals surface area (Å²) in [5.41, 5.74) is 4.53. The molecule has 1 saturated heterocycles. The summed E-state index contributed by atoms with van der Waals surface area (Å²) in [7, 11) is 0. The molecule has 0 atom stereocenters. The number of halogens is 1. The van der Waals surface area contributed by atoms with E-state index in [-0.39, 0.29) is 5.82 Å². The van der Waals surface area contributed by atoms with Crippen molar-refractivity contribution in [3.63, 3.8) is 0 Å². The molecule has 2 heterocycles. The van der Waals surface area contributed by atoms with E-state index in [0.717, 1.165) is 58.0 Å². The second-order valence-electron chi connectivity index (χ2n) is 8.37. The van der Waals surface area contributed by atoms with Gasteiger partial charge in [0.2, 0.25) is 0 Å². The van der Waals surface area contributed by atoms with Gasteiger partial charge in [0.05, 0.1) is 19.8 Å². The van der Waals surface area contributed by atoms with Gasteiger partial charge in [-0.2, -0.15) is 0 Å². The van der Waals surface area contributed by atoms with Gasteiger partial charge in [0.1, 0.15) is 5.82 Å². The van der Waals surface area contributed by atoms with E-state index in [1.165, 1.54) is 22.9 Å². The summed E-state index contributed by atoms with van der Waals surface area (Å²) in [4.78, 5) is 4.97. The topological polar surface area (TPSA) is 20.6 Å². The van der Waals surface area contributed by atoms with Crippen LogP contribution in [0, 0.1) is 12.7 Å². The number of rotatable bonds is 9. The van der Waals surface area contributed by atoms with Crippen molar-refractivity contribution in [1.29, 1.82) is 0 Å². The Balaban J connectivity index is 1.46. The number of hydrogen-bond acceptors (Lipinski definition) is 3. The van der Waals surface area contributed by atoms with Gasteiger partial charge in [-0.3, -0.25) is 9.80 Å². The number of hydrogen-bond donors (Lipinski definition) is 0. The number of ether oxygens (including phenoxy) is 1. The molecule has 0 radical (unpaired) electrons. The third-order valence-electron chi connectivity index (χ3n) is 5.97. The Morgan fingerprint density at radius 2 is 1.71 bits per heavy atom. The molecule has 0 N–H and O–H groups in total. The Morgan fingerprint density at radius 3 is 2.48 bits per heavy atom. The molecule has 3 aromatic rings. The maximum atomic E-state index is 14.2. The lowest BCUT2D eigenvalue weighted by Crippen LogP contribution is -2.41. The summed E-state index contributed by atoms with van der Waals surface area (Å²) >= 11 is 0. The fraction of sp³-hybridized carbons (Fsp3) is 0.385. The largest absolute Gasteiger partial charge is 0.379 e. The minimum Gasteiger partial charge on any atom is -0.379 e. The van der Waals surface area contributed by atoms with Gasteiger partial charge in [-0.1, -0.05) is 48.0 Å². The molecule has 5 heteroatoms. The minimum atomic E-state index is -0.147. The lowest BCUT2D eigenvalue weighted by Gasteiger charge is -2.30. The maximum absolute atomic E-state index is 14.2. The second kappa shape index (κ2) is 10.7. The first-order valence-corrected chi connectivity index (χ1v) is 11.1. The summed E-state index contributed by atoms with van der Waals surface area (Å²) in [5.74, 6) is -0.147. The first-order chi connectivity index (χ1) is 15.2. The average Bonchev–Trinajstić information content (AvgIpc) is 3.22. The molecule has 1 aliphatic rings. The molecule has 1 fully saturated rings. The summed E-state index contributed by atoms with van der Waals surface area (Å²) in [6.45, 7) is 10.1. The smallest absolute Gasteiger partial charge is 0.128 e. The zero-order valence-electron chi connectivity index (χ0n) is 18.3. The Morgan fingerprint density at radius 1 is 0.935 bits per heavy atom. The molecule has 164 valence electrons. The van der Waals surface area contributed by atoms with Crippen LogP contribution >= 0.6 is 0 Å². The molecule has 1 aliphatic heterocycles. The highest BCUT2D eigenvalue weighted by Gasteiger charge is 2.15. The van der Waals surface area contributed by atoms with E-state index >= 15 is 0 Å². The number of aryl methyl sites for hydroxylation is 1. The number of morpholine rings is 1. The molecule has 0 amide bonds. The summed E-state index contributed by atoms with van der Waals surface area (Å²) in [6.07, 6.45) is 2.05. The van der Waals surface area contributed by atoms with Crippen molar-refractivity contribution in [3.8, 4) is 0 Å². The van der Waals surface area contributed by atoms with Crippen molar-refractivity contribution in [2.45, 2.75) is 26.6 Å². The molecule has 0 unspecified atom stereocenters. The predicted molar refractivity (Wildman–Crippen MR) is 122 cm³/mol. The van der Waals surface area contributed by atoms with E-state index in [2.05, 4.69) is 57.7 Å². The molecule has 0 spiro atoms. The quantitative estimate of drug-likeness (QED) is 0.513. The van der Waals surface area contributed by atoms with Gasteiger partial charge in [0.25, 0.3) is 0 Å². The van der Waals surface area contributed by atoms with Crippen LogP contribution < -0.4 is 0 Å². The van der Waals surface area contributed by atoms with Gasteiger partial charge in [0.15, 0.2) is 0 Å². The third-order valence-corrected chi connectivity index (χ3v) is 5.97. The van der Waals surface area contributed by atoms with Crippen molar-refractivity contribution in [1.82, 2.24) is 14.4 Å². The summed E-state index contributed by atoms with van der Waals surface area (Å²) in [6, 6.07) is 20.0. The van der Waals surface area contributed by atoms with Crippen molar-refractivity contribution in [2.24, 2.45) is 0 Å². The first-order valence-electron chi connectivity index (χ1n) is 11.1. The van der Waals surface area contributed by atoms with E-state index in [0.29, 0.717) is 6.54 Å². The van der Waals surface area contributed by atoms with E-state index in [9.17, 15) is 4.39 Å². The molecule has 4 rings (SSSR count). The standard InChI is InChI=1S/C26H32FN3O/c1-22-8-10-23(11-9-22)19-29(14-13-28-15-17-31-18-16-28)21-25-6-4-12-30(25)20-24-5-2-3-7-26(24)27/h2-12H,13-21H2,1H3. The van der Waals surface area contributed by atoms with Crippen molar-refractivity contribution in [3.05, 3.63) is 95.1 Å². The first kappa shape index (κ1) is 21.8. The Kier molecular flexibility index (Phi) is 7.52. The molecule has 0 bridgehead atoms. The molecular weight excluding hydrogens is 389 g/mol. The highest BCUT2D eigenvalue weighted by atomic mass is 19.1. The molecule has 0 aliphatic carbocycles. The van der Waals surface area contributed by atoms with Gasteiger partial charge in [-0.15, -0.1) is 0 Å². The highest BCUT2D eigenvalue weighted by molar-refractivity contribution is 5.22. The summed E-state index contributed by atoms with van der Waals surface area (Å²) in [5, 5.41) is 0. The number of aromatic nitrogens is 1. The second-order valence-corrected chi connectivity index (χ2v) is 8.37. The Bertz CT molecular complexity index is 947. The Hall–Kier alpha value is -2.47. The number of benzene rings is 2. The van der Waals surface area contributed by atoms with Crippen LogP contribution in [0.4, 0.5) is 4.39 Å². The van der Waals surface area contributed by atoms with E-state index < -0.39 is 0 Å².